The number of nitrogens with zero attached hydrogens (tertiary/aromatic N) is 5. The van der Waals surface area contributed by atoms with Gasteiger partial charge in [-0.1, -0.05) is 23.4 Å². The first kappa shape index (κ1) is 17.9. The van der Waals surface area contributed by atoms with Crippen molar-refractivity contribution in [2.45, 2.75) is 45.7 Å². The van der Waals surface area contributed by atoms with Gasteiger partial charge in [-0.3, -0.25) is 4.68 Å². The topological polar surface area (TPSA) is 72.9 Å². The van der Waals surface area contributed by atoms with Gasteiger partial charge in [0.05, 0.1) is 17.3 Å². The summed E-state index contributed by atoms with van der Waals surface area (Å²) in [6, 6.07) is 10.6. The predicted molar refractivity (Wildman–Crippen MR) is 109 cm³/mol. The fourth-order valence-electron chi connectivity index (χ4n) is 3.89. The molecule has 0 aliphatic carbocycles. The molecule has 1 aliphatic rings. The Labute approximate surface area is 160 Å². The van der Waals surface area contributed by atoms with E-state index in [-0.39, 0.29) is 0 Å². The third kappa shape index (κ3) is 3.81. The number of anilines is 1. The van der Waals surface area contributed by atoms with Crippen LogP contribution in [0.5, 0.6) is 0 Å². The van der Waals surface area contributed by atoms with Crippen molar-refractivity contribution in [1.82, 2.24) is 20.0 Å². The Bertz CT molecular complexity index is 939. The number of benzene rings is 1. The highest BCUT2D eigenvalue weighted by molar-refractivity contribution is 5.81. The Morgan fingerprint density at radius 1 is 1.26 bits per heavy atom. The Balaban J connectivity index is 1.51. The summed E-state index contributed by atoms with van der Waals surface area (Å²) in [5.41, 5.74) is 8.81. The molecule has 2 aromatic heterocycles. The zero-order chi connectivity index (χ0) is 19.0. The fourth-order valence-corrected chi connectivity index (χ4v) is 3.89. The standard InChI is InChI=1S/C21H28N6/c1-15-11-17-8-4-5-9-18(17)23-20(15)26-10-6-7-16(12-26)13-27-14-19(24-25-27)21(2,3)22/h4-5,8-9,11,14,16H,6-7,10,12-13,22H2,1-3H3. The predicted octanol–water partition coefficient (Wildman–Crippen LogP) is 3.25. The molecule has 3 aromatic rings. The van der Waals surface area contributed by atoms with Crippen LogP contribution in [0.2, 0.25) is 0 Å². The monoisotopic (exact) mass is 364 g/mol. The maximum atomic E-state index is 6.13. The summed E-state index contributed by atoms with van der Waals surface area (Å²) in [5.74, 6) is 1.64. The molecule has 0 bridgehead atoms. The lowest BCUT2D eigenvalue weighted by Crippen LogP contribution is -2.38. The average molecular weight is 364 g/mol. The van der Waals surface area contributed by atoms with Crippen LogP contribution in [0.1, 0.15) is 37.9 Å². The number of rotatable bonds is 4. The van der Waals surface area contributed by atoms with Crippen LogP contribution in [0, 0.1) is 12.8 Å². The molecule has 0 amide bonds. The number of para-hydroxylation sites is 1. The van der Waals surface area contributed by atoms with Crippen molar-refractivity contribution in [2.24, 2.45) is 11.7 Å². The van der Waals surface area contributed by atoms with E-state index in [0.29, 0.717) is 5.92 Å². The van der Waals surface area contributed by atoms with E-state index in [1.165, 1.54) is 23.8 Å². The van der Waals surface area contributed by atoms with Crippen molar-refractivity contribution in [3.8, 4) is 0 Å². The summed E-state index contributed by atoms with van der Waals surface area (Å²) < 4.78 is 1.94. The molecule has 0 saturated carbocycles. The first-order chi connectivity index (χ1) is 12.9. The van der Waals surface area contributed by atoms with E-state index in [0.717, 1.165) is 36.7 Å². The number of hydrogen-bond acceptors (Lipinski definition) is 5. The lowest BCUT2D eigenvalue weighted by atomic mass is 9.97. The largest absolute Gasteiger partial charge is 0.356 e. The normalized spacial score (nSPS) is 18.2. The lowest BCUT2D eigenvalue weighted by molar-refractivity contribution is 0.347. The summed E-state index contributed by atoms with van der Waals surface area (Å²) in [7, 11) is 0. The molecule has 1 fully saturated rings. The molecule has 6 nitrogen and oxygen atoms in total. The van der Waals surface area contributed by atoms with E-state index in [4.69, 9.17) is 10.7 Å². The first-order valence-electron chi connectivity index (χ1n) is 9.71. The van der Waals surface area contributed by atoms with Gasteiger partial charge in [0.25, 0.3) is 0 Å². The zero-order valence-corrected chi connectivity index (χ0v) is 16.4. The second kappa shape index (κ2) is 6.93. The average Bonchev–Trinajstić information content (AvgIpc) is 3.10. The van der Waals surface area contributed by atoms with Crippen LogP contribution >= 0.6 is 0 Å². The molecule has 4 rings (SSSR count). The van der Waals surface area contributed by atoms with Gasteiger partial charge in [-0.15, -0.1) is 5.10 Å². The number of fused-ring (bicyclic) bond motifs is 1. The van der Waals surface area contributed by atoms with Gasteiger partial charge in [0, 0.05) is 25.0 Å². The van der Waals surface area contributed by atoms with Crippen molar-refractivity contribution < 1.29 is 0 Å². The van der Waals surface area contributed by atoms with Gasteiger partial charge in [-0.25, -0.2) is 4.98 Å². The van der Waals surface area contributed by atoms with Gasteiger partial charge in [0.2, 0.25) is 0 Å². The Kier molecular flexibility index (Phi) is 4.60. The smallest absolute Gasteiger partial charge is 0.132 e. The van der Waals surface area contributed by atoms with Crippen LogP contribution in [0.4, 0.5) is 5.82 Å². The van der Waals surface area contributed by atoms with Crippen molar-refractivity contribution in [3.05, 3.63) is 47.8 Å². The second-order valence-corrected chi connectivity index (χ2v) is 8.32. The molecular weight excluding hydrogens is 336 g/mol. The van der Waals surface area contributed by atoms with Gasteiger partial charge in [0.15, 0.2) is 0 Å². The lowest BCUT2D eigenvalue weighted by Gasteiger charge is -2.34. The number of aromatic nitrogens is 4. The third-order valence-corrected chi connectivity index (χ3v) is 5.35. The molecule has 3 heterocycles. The molecule has 6 heteroatoms. The van der Waals surface area contributed by atoms with E-state index >= 15 is 0 Å². The molecule has 0 radical (unpaired) electrons. The van der Waals surface area contributed by atoms with Crippen LogP contribution in [0.25, 0.3) is 10.9 Å². The SMILES string of the molecule is Cc1cc2ccccc2nc1N1CCCC(Cn2cc(C(C)(C)N)nn2)C1. The number of aryl methyl sites for hydroxylation is 1. The molecule has 1 saturated heterocycles. The molecule has 2 N–H and O–H groups in total. The Hall–Kier alpha value is -2.47. The zero-order valence-electron chi connectivity index (χ0n) is 16.4. The molecule has 1 aliphatic heterocycles. The van der Waals surface area contributed by atoms with Crippen molar-refractivity contribution >= 4 is 16.7 Å². The van der Waals surface area contributed by atoms with Crippen LogP contribution in [0.3, 0.4) is 0 Å². The third-order valence-electron chi connectivity index (χ3n) is 5.35. The highest BCUT2D eigenvalue weighted by atomic mass is 15.4. The number of piperidine rings is 1. The van der Waals surface area contributed by atoms with Crippen LogP contribution < -0.4 is 10.6 Å². The van der Waals surface area contributed by atoms with E-state index < -0.39 is 5.54 Å². The summed E-state index contributed by atoms with van der Waals surface area (Å²) in [4.78, 5) is 7.38. The van der Waals surface area contributed by atoms with Crippen molar-refractivity contribution in [2.75, 3.05) is 18.0 Å². The molecule has 1 aromatic carbocycles. The minimum absolute atomic E-state index is 0.455. The van der Waals surface area contributed by atoms with E-state index in [2.05, 4.69) is 52.5 Å². The summed E-state index contributed by atoms with van der Waals surface area (Å²) in [5, 5.41) is 9.73. The van der Waals surface area contributed by atoms with Gasteiger partial charge in [0.1, 0.15) is 11.5 Å². The Morgan fingerprint density at radius 3 is 2.85 bits per heavy atom. The number of hydrogen-bond donors (Lipinski definition) is 1. The molecule has 1 atom stereocenters. The van der Waals surface area contributed by atoms with Gasteiger partial charge in [-0.2, -0.15) is 0 Å². The molecular formula is C21H28N6. The number of nitrogens with two attached hydrogens (primary N) is 1. The molecule has 27 heavy (non-hydrogen) atoms. The Morgan fingerprint density at radius 2 is 2.07 bits per heavy atom. The molecule has 1 unspecified atom stereocenters. The number of pyridine rings is 1. The van der Waals surface area contributed by atoms with E-state index in [1.54, 1.807) is 0 Å². The summed E-state index contributed by atoms with van der Waals surface area (Å²) in [6.45, 7) is 8.99. The summed E-state index contributed by atoms with van der Waals surface area (Å²) in [6.07, 6.45) is 4.35. The minimum atomic E-state index is -0.455. The van der Waals surface area contributed by atoms with E-state index in [9.17, 15) is 0 Å². The van der Waals surface area contributed by atoms with Gasteiger partial charge >= 0.3 is 0 Å². The maximum Gasteiger partial charge on any atom is 0.132 e. The van der Waals surface area contributed by atoms with Gasteiger partial charge in [-0.05, 0) is 57.2 Å². The molecule has 0 spiro atoms. The quantitative estimate of drug-likeness (QED) is 0.769. The minimum Gasteiger partial charge on any atom is -0.356 e. The van der Waals surface area contributed by atoms with E-state index in [1.807, 2.05) is 24.7 Å². The van der Waals surface area contributed by atoms with Crippen LogP contribution in [-0.2, 0) is 12.1 Å². The van der Waals surface area contributed by atoms with Crippen LogP contribution in [-0.4, -0.2) is 33.1 Å². The van der Waals surface area contributed by atoms with Crippen LogP contribution in [0.15, 0.2) is 36.5 Å². The van der Waals surface area contributed by atoms with Crippen molar-refractivity contribution in [3.63, 3.8) is 0 Å². The first-order valence-corrected chi connectivity index (χ1v) is 9.71. The second-order valence-electron chi connectivity index (χ2n) is 8.32. The highest BCUT2D eigenvalue weighted by Gasteiger charge is 2.24. The summed E-state index contributed by atoms with van der Waals surface area (Å²) >= 11 is 0. The maximum absolute atomic E-state index is 6.13. The highest BCUT2D eigenvalue weighted by Crippen LogP contribution is 2.28. The van der Waals surface area contributed by atoms with Crippen molar-refractivity contribution in [1.29, 1.82) is 0 Å². The van der Waals surface area contributed by atoms with Gasteiger partial charge < -0.3 is 10.6 Å². The molecule has 142 valence electrons. The fraction of sp³-hybridized carbons (Fsp3) is 0.476.